The molecule has 0 fully saturated rings. The normalized spacial score (nSPS) is 11.2. The zero-order chi connectivity index (χ0) is 20.6. The van der Waals surface area contributed by atoms with E-state index in [9.17, 15) is 14.0 Å². The maximum Gasteiger partial charge on any atom is 0.387 e. The van der Waals surface area contributed by atoms with Gasteiger partial charge in [0.25, 0.3) is 0 Å². The zero-order valence-electron chi connectivity index (χ0n) is 15.4. The number of para-hydroxylation sites is 2. The van der Waals surface area contributed by atoms with Gasteiger partial charge >= 0.3 is 6.61 Å². The Morgan fingerprint density at radius 1 is 1.24 bits per heavy atom. The molecule has 0 amide bonds. The molecule has 0 aliphatic carbocycles. The maximum atomic E-state index is 12.5. The highest BCUT2D eigenvalue weighted by molar-refractivity contribution is 7.11. The van der Waals surface area contributed by atoms with Gasteiger partial charge in [0.15, 0.2) is 0 Å². The highest BCUT2D eigenvalue weighted by Crippen LogP contribution is 2.29. The highest BCUT2D eigenvalue weighted by Gasteiger charge is 2.11. The van der Waals surface area contributed by atoms with Gasteiger partial charge < -0.3 is 14.8 Å². The predicted molar refractivity (Wildman–Crippen MR) is 109 cm³/mol. The van der Waals surface area contributed by atoms with Crippen LogP contribution in [0.5, 0.6) is 11.5 Å². The van der Waals surface area contributed by atoms with Gasteiger partial charge in [-0.25, -0.2) is 4.98 Å². The average Bonchev–Trinajstić information content (AvgIpc) is 3.20. The molecule has 0 saturated carbocycles. The number of benzene rings is 2. The second kappa shape index (κ2) is 9.66. The van der Waals surface area contributed by atoms with E-state index >= 15 is 0 Å². The Morgan fingerprint density at radius 2 is 2.00 bits per heavy atom. The third kappa shape index (κ3) is 5.30. The standard InChI is InChI=1S/C21H17F2N3O2S/c1-2-27-16-9-7-14(8-10-16)18-13-29-20(26-18)15(11-24)12-25-17-5-3-4-6-19(17)28-21(22)23/h3-10,12-13,21,25H,2H2,1H3. The van der Waals surface area contributed by atoms with E-state index in [0.29, 0.717) is 17.3 Å². The monoisotopic (exact) mass is 413 g/mol. The summed E-state index contributed by atoms with van der Waals surface area (Å²) in [5, 5.41) is 14.7. The lowest BCUT2D eigenvalue weighted by Gasteiger charge is -2.10. The number of thiazole rings is 1. The van der Waals surface area contributed by atoms with Crippen molar-refractivity contribution >= 4 is 22.6 Å². The number of ether oxygens (including phenoxy) is 2. The molecule has 0 unspecified atom stereocenters. The molecule has 1 aromatic heterocycles. The number of nitrogens with one attached hydrogen (secondary N) is 1. The summed E-state index contributed by atoms with van der Waals surface area (Å²) in [5.41, 5.74) is 2.23. The van der Waals surface area contributed by atoms with Crippen LogP contribution in [0.2, 0.25) is 0 Å². The van der Waals surface area contributed by atoms with Crippen LogP contribution in [-0.4, -0.2) is 18.2 Å². The molecule has 0 atom stereocenters. The van der Waals surface area contributed by atoms with Gasteiger partial charge in [0.2, 0.25) is 0 Å². The van der Waals surface area contributed by atoms with E-state index in [-0.39, 0.29) is 11.3 Å². The molecule has 0 saturated heterocycles. The molecule has 1 heterocycles. The SMILES string of the molecule is CCOc1ccc(-c2csc(C(C#N)=CNc3ccccc3OC(F)F)n2)cc1. The molecule has 0 aliphatic heterocycles. The molecule has 148 valence electrons. The van der Waals surface area contributed by atoms with E-state index in [1.165, 1.54) is 23.6 Å². The zero-order valence-corrected chi connectivity index (χ0v) is 16.2. The number of hydrogen-bond acceptors (Lipinski definition) is 6. The average molecular weight is 413 g/mol. The van der Waals surface area contributed by atoms with Crippen LogP contribution < -0.4 is 14.8 Å². The van der Waals surface area contributed by atoms with Crippen LogP contribution in [0.3, 0.4) is 0 Å². The number of anilines is 1. The number of rotatable bonds is 8. The Kier molecular flexibility index (Phi) is 6.76. The first-order valence-electron chi connectivity index (χ1n) is 8.70. The third-order valence-electron chi connectivity index (χ3n) is 3.79. The molecule has 0 spiro atoms. The Morgan fingerprint density at radius 3 is 2.69 bits per heavy atom. The minimum absolute atomic E-state index is 0.00902. The summed E-state index contributed by atoms with van der Waals surface area (Å²) in [4.78, 5) is 4.51. The molecule has 0 aliphatic rings. The Bertz CT molecular complexity index is 1030. The van der Waals surface area contributed by atoms with Crippen LogP contribution in [0.15, 0.2) is 60.1 Å². The van der Waals surface area contributed by atoms with E-state index in [1.807, 2.05) is 36.6 Å². The fourth-order valence-corrected chi connectivity index (χ4v) is 3.29. The number of nitriles is 1. The van der Waals surface area contributed by atoms with Gasteiger partial charge in [-0.3, -0.25) is 0 Å². The smallest absolute Gasteiger partial charge is 0.387 e. The van der Waals surface area contributed by atoms with E-state index in [0.717, 1.165) is 17.0 Å². The van der Waals surface area contributed by atoms with Crippen molar-refractivity contribution in [3.05, 3.63) is 65.1 Å². The van der Waals surface area contributed by atoms with Crippen molar-refractivity contribution in [3.8, 4) is 28.8 Å². The van der Waals surface area contributed by atoms with E-state index < -0.39 is 6.61 Å². The van der Waals surface area contributed by atoms with Gasteiger partial charge in [-0.1, -0.05) is 12.1 Å². The third-order valence-corrected chi connectivity index (χ3v) is 4.67. The minimum Gasteiger partial charge on any atom is -0.494 e. The van der Waals surface area contributed by atoms with Crippen molar-refractivity contribution in [2.45, 2.75) is 13.5 Å². The first-order chi connectivity index (χ1) is 14.1. The number of aromatic nitrogens is 1. The van der Waals surface area contributed by atoms with Crippen LogP contribution in [-0.2, 0) is 0 Å². The largest absolute Gasteiger partial charge is 0.494 e. The van der Waals surface area contributed by atoms with E-state index in [1.54, 1.807) is 18.2 Å². The lowest BCUT2D eigenvalue weighted by molar-refractivity contribution is -0.0493. The molecule has 0 radical (unpaired) electrons. The molecule has 3 aromatic rings. The summed E-state index contributed by atoms with van der Waals surface area (Å²) < 4.78 is 35.0. The number of hydrogen-bond donors (Lipinski definition) is 1. The van der Waals surface area contributed by atoms with Crippen LogP contribution in [0.4, 0.5) is 14.5 Å². The highest BCUT2D eigenvalue weighted by atomic mass is 32.1. The van der Waals surface area contributed by atoms with Gasteiger partial charge in [0.05, 0.1) is 18.0 Å². The van der Waals surface area contributed by atoms with Gasteiger partial charge in [-0.05, 0) is 43.3 Å². The van der Waals surface area contributed by atoms with E-state index in [4.69, 9.17) is 4.74 Å². The van der Waals surface area contributed by atoms with Gasteiger partial charge in [0.1, 0.15) is 28.1 Å². The number of nitrogens with zero attached hydrogens (tertiary/aromatic N) is 2. The first kappa shape index (κ1) is 20.3. The van der Waals surface area contributed by atoms with Crippen molar-refractivity contribution in [1.29, 1.82) is 5.26 Å². The molecule has 8 heteroatoms. The van der Waals surface area contributed by atoms with Crippen molar-refractivity contribution in [1.82, 2.24) is 4.98 Å². The molecule has 2 aromatic carbocycles. The Balaban J connectivity index is 1.78. The molecular formula is C21H17F2N3O2S. The molecule has 3 rings (SSSR count). The van der Waals surface area contributed by atoms with Gasteiger partial charge in [-0.15, -0.1) is 11.3 Å². The number of halogens is 2. The Hall–Kier alpha value is -3.44. The molecule has 1 N–H and O–H groups in total. The summed E-state index contributed by atoms with van der Waals surface area (Å²) >= 11 is 1.32. The summed E-state index contributed by atoms with van der Waals surface area (Å²) in [7, 11) is 0. The second-order valence-corrected chi connectivity index (χ2v) is 6.54. The minimum atomic E-state index is -2.94. The van der Waals surface area contributed by atoms with Crippen molar-refractivity contribution in [2.24, 2.45) is 0 Å². The van der Waals surface area contributed by atoms with Crippen LogP contribution in [0.25, 0.3) is 16.8 Å². The summed E-state index contributed by atoms with van der Waals surface area (Å²) in [5.74, 6) is 0.767. The summed E-state index contributed by atoms with van der Waals surface area (Å²) in [6.07, 6.45) is 1.43. The quantitative estimate of drug-likeness (QED) is 0.474. The van der Waals surface area contributed by atoms with Crippen molar-refractivity contribution in [3.63, 3.8) is 0 Å². The molecule has 0 bridgehead atoms. The van der Waals surface area contributed by atoms with Crippen molar-refractivity contribution in [2.75, 3.05) is 11.9 Å². The summed E-state index contributed by atoms with van der Waals surface area (Å²) in [6, 6.07) is 15.9. The van der Waals surface area contributed by atoms with Crippen LogP contribution in [0.1, 0.15) is 11.9 Å². The molecule has 29 heavy (non-hydrogen) atoms. The molecular weight excluding hydrogens is 396 g/mol. The second-order valence-electron chi connectivity index (χ2n) is 5.68. The van der Waals surface area contributed by atoms with E-state index in [2.05, 4.69) is 21.1 Å². The number of alkyl halides is 2. The van der Waals surface area contributed by atoms with Crippen LogP contribution >= 0.6 is 11.3 Å². The topological polar surface area (TPSA) is 67.2 Å². The first-order valence-corrected chi connectivity index (χ1v) is 9.58. The van der Waals surface area contributed by atoms with Gasteiger partial charge in [0, 0.05) is 17.1 Å². The fourth-order valence-electron chi connectivity index (χ4n) is 2.50. The predicted octanol–water partition coefficient (Wildman–Crippen LogP) is 5.79. The van der Waals surface area contributed by atoms with Gasteiger partial charge in [-0.2, -0.15) is 14.0 Å². The molecule has 5 nitrogen and oxygen atoms in total. The number of allylic oxidation sites excluding steroid dienone is 1. The maximum absolute atomic E-state index is 12.5. The lowest BCUT2D eigenvalue weighted by Crippen LogP contribution is -2.04. The van der Waals surface area contributed by atoms with Crippen LogP contribution in [0, 0.1) is 11.3 Å². The fraction of sp³-hybridized carbons (Fsp3) is 0.143. The summed E-state index contributed by atoms with van der Waals surface area (Å²) in [6.45, 7) is -0.426. The lowest BCUT2D eigenvalue weighted by atomic mass is 10.2. The van der Waals surface area contributed by atoms with Crippen molar-refractivity contribution < 1.29 is 18.3 Å². The Labute approximate surface area is 170 Å².